The zero-order chi connectivity index (χ0) is 20.4. The Morgan fingerprint density at radius 3 is 2.24 bits per heavy atom. The van der Waals surface area contributed by atoms with Gasteiger partial charge in [0.1, 0.15) is 5.82 Å². The number of morpholine rings is 1. The normalized spacial score (nSPS) is 14.1. The Balaban J connectivity index is 1.47. The molecule has 0 aliphatic carbocycles. The second-order valence-electron chi connectivity index (χ2n) is 7.22. The number of benzene rings is 2. The van der Waals surface area contributed by atoms with Gasteiger partial charge < -0.3 is 19.5 Å². The number of halogens is 1. The third kappa shape index (κ3) is 4.03. The number of carbonyl (C=O) groups excluding carboxylic acids is 1. The summed E-state index contributed by atoms with van der Waals surface area (Å²) in [6.45, 7) is 6.60. The Kier molecular flexibility index (Phi) is 5.36. The molecule has 1 aromatic heterocycles. The number of ether oxygens (including phenoxy) is 1. The number of carbonyl (C=O) groups is 1. The van der Waals surface area contributed by atoms with Gasteiger partial charge in [-0.05, 0) is 68.4 Å². The molecule has 0 radical (unpaired) electrons. The van der Waals surface area contributed by atoms with Gasteiger partial charge >= 0.3 is 0 Å². The minimum atomic E-state index is -0.349. The fraction of sp³-hybridized carbons (Fsp3) is 0.261. The van der Waals surface area contributed by atoms with Crippen LogP contribution in [0.4, 0.5) is 15.8 Å². The second-order valence-corrected chi connectivity index (χ2v) is 7.22. The molecule has 0 unspecified atom stereocenters. The summed E-state index contributed by atoms with van der Waals surface area (Å²) in [6, 6.07) is 16.3. The summed E-state index contributed by atoms with van der Waals surface area (Å²) in [5, 5.41) is 2.78. The van der Waals surface area contributed by atoms with Crippen molar-refractivity contribution in [3.63, 3.8) is 0 Å². The summed E-state index contributed by atoms with van der Waals surface area (Å²) >= 11 is 0. The molecule has 5 nitrogen and oxygen atoms in total. The molecule has 150 valence electrons. The first kappa shape index (κ1) is 19.2. The van der Waals surface area contributed by atoms with Crippen molar-refractivity contribution in [3.05, 3.63) is 77.4 Å². The average molecular weight is 393 g/mol. The number of amides is 1. The highest BCUT2D eigenvalue weighted by Gasteiger charge is 2.16. The van der Waals surface area contributed by atoms with Gasteiger partial charge in [0, 0.05) is 41.4 Å². The van der Waals surface area contributed by atoms with Crippen LogP contribution in [0, 0.1) is 19.7 Å². The fourth-order valence-corrected chi connectivity index (χ4v) is 3.69. The lowest BCUT2D eigenvalue weighted by Gasteiger charge is -2.29. The molecule has 1 aliphatic rings. The molecular formula is C23H24FN3O2. The van der Waals surface area contributed by atoms with E-state index in [1.165, 1.54) is 6.07 Å². The van der Waals surface area contributed by atoms with E-state index in [4.69, 9.17) is 4.74 Å². The van der Waals surface area contributed by atoms with E-state index in [2.05, 4.69) is 22.0 Å². The topological polar surface area (TPSA) is 46.5 Å². The average Bonchev–Trinajstić information content (AvgIpc) is 3.07. The minimum Gasteiger partial charge on any atom is -0.378 e. The molecule has 3 aromatic rings. The zero-order valence-electron chi connectivity index (χ0n) is 16.6. The molecule has 4 rings (SSSR count). The zero-order valence-corrected chi connectivity index (χ0v) is 16.6. The van der Waals surface area contributed by atoms with Crippen LogP contribution in [-0.2, 0) is 4.74 Å². The highest BCUT2D eigenvalue weighted by Crippen LogP contribution is 2.24. The van der Waals surface area contributed by atoms with Gasteiger partial charge in [-0.25, -0.2) is 4.39 Å². The quantitative estimate of drug-likeness (QED) is 0.718. The van der Waals surface area contributed by atoms with E-state index in [0.29, 0.717) is 43.2 Å². The maximum Gasteiger partial charge on any atom is 0.255 e. The molecule has 1 saturated heterocycles. The van der Waals surface area contributed by atoms with Crippen molar-refractivity contribution in [2.45, 2.75) is 13.8 Å². The van der Waals surface area contributed by atoms with Crippen molar-refractivity contribution < 1.29 is 13.9 Å². The fourth-order valence-electron chi connectivity index (χ4n) is 3.69. The lowest BCUT2D eigenvalue weighted by atomic mass is 10.1. The molecule has 2 aromatic carbocycles. The van der Waals surface area contributed by atoms with E-state index in [9.17, 15) is 9.18 Å². The predicted molar refractivity (Wildman–Crippen MR) is 113 cm³/mol. The Hall–Kier alpha value is -3.12. The van der Waals surface area contributed by atoms with Gasteiger partial charge in [-0.2, -0.15) is 0 Å². The van der Waals surface area contributed by atoms with Gasteiger partial charge in [0.25, 0.3) is 5.91 Å². The number of aryl methyl sites for hydroxylation is 2. The monoisotopic (exact) mass is 393 g/mol. The maximum atomic E-state index is 14.5. The molecule has 0 bridgehead atoms. The molecule has 0 saturated carbocycles. The van der Waals surface area contributed by atoms with Crippen molar-refractivity contribution in [3.8, 4) is 5.69 Å². The van der Waals surface area contributed by atoms with Crippen LogP contribution in [0.2, 0.25) is 0 Å². The number of nitrogens with one attached hydrogen (secondary N) is 1. The summed E-state index contributed by atoms with van der Waals surface area (Å²) < 4.78 is 22.0. The first-order valence-corrected chi connectivity index (χ1v) is 9.72. The van der Waals surface area contributed by atoms with E-state index in [1.807, 2.05) is 30.9 Å². The van der Waals surface area contributed by atoms with Crippen LogP contribution >= 0.6 is 0 Å². The third-order valence-corrected chi connectivity index (χ3v) is 5.22. The lowest BCUT2D eigenvalue weighted by molar-refractivity contribution is 0.102. The number of rotatable bonds is 4. The first-order valence-electron chi connectivity index (χ1n) is 9.72. The van der Waals surface area contributed by atoms with E-state index in [1.54, 1.807) is 24.3 Å². The number of nitrogens with zero attached hydrogens (tertiary/aromatic N) is 2. The smallest absolute Gasteiger partial charge is 0.255 e. The van der Waals surface area contributed by atoms with Gasteiger partial charge in [0.15, 0.2) is 0 Å². The van der Waals surface area contributed by atoms with E-state index < -0.39 is 0 Å². The first-order chi connectivity index (χ1) is 14.0. The van der Waals surface area contributed by atoms with Crippen molar-refractivity contribution in [1.82, 2.24) is 4.57 Å². The van der Waals surface area contributed by atoms with Crippen LogP contribution in [0.3, 0.4) is 0 Å². The molecular weight excluding hydrogens is 369 g/mol. The van der Waals surface area contributed by atoms with Crippen LogP contribution in [-0.4, -0.2) is 36.8 Å². The Morgan fingerprint density at radius 2 is 1.62 bits per heavy atom. The molecule has 1 aliphatic heterocycles. The molecule has 1 amide bonds. The Labute approximate surface area is 169 Å². The summed E-state index contributed by atoms with van der Waals surface area (Å²) in [5.74, 6) is -0.616. The minimum absolute atomic E-state index is 0.268. The van der Waals surface area contributed by atoms with Gasteiger partial charge in [0.2, 0.25) is 0 Å². The molecule has 1 N–H and O–H groups in total. The van der Waals surface area contributed by atoms with Crippen LogP contribution in [0.1, 0.15) is 21.7 Å². The summed E-state index contributed by atoms with van der Waals surface area (Å²) in [7, 11) is 0. The Bertz CT molecular complexity index is 1000. The van der Waals surface area contributed by atoms with E-state index in [-0.39, 0.29) is 11.7 Å². The van der Waals surface area contributed by atoms with Crippen LogP contribution < -0.4 is 10.2 Å². The summed E-state index contributed by atoms with van der Waals surface area (Å²) in [4.78, 5) is 14.5. The number of hydrogen-bond acceptors (Lipinski definition) is 3. The SMILES string of the molecule is Cc1ccc(C)n1-c1ccc(C(=O)Nc2ccc(N3CCOCC3)c(F)c2)cc1. The third-order valence-electron chi connectivity index (χ3n) is 5.22. The van der Waals surface area contributed by atoms with Gasteiger partial charge in [-0.15, -0.1) is 0 Å². The van der Waals surface area contributed by atoms with Crippen molar-refractivity contribution >= 4 is 17.3 Å². The molecule has 0 atom stereocenters. The van der Waals surface area contributed by atoms with Gasteiger partial charge in [-0.3, -0.25) is 4.79 Å². The largest absolute Gasteiger partial charge is 0.378 e. The Morgan fingerprint density at radius 1 is 0.966 bits per heavy atom. The van der Waals surface area contributed by atoms with E-state index in [0.717, 1.165) is 17.1 Å². The highest BCUT2D eigenvalue weighted by atomic mass is 19.1. The molecule has 1 fully saturated rings. The molecule has 6 heteroatoms. The van der Waals surface area contributed by atoms with Gasteiger partial charge in [-0.1, -0.05) is 0 Å². The predicted octanol–water partition coefficient (Wildman–Crippen LogP) is 4.32. The van der Waals surface area contributed by atoms with E-state index >= 15 is 0 Å². The van der Waals surface area contributed by atoms with Crippen molar-refractivity contribution in [2.24, 2.45) is 0 Å². The number of anilines is 2. The maximum absolute atomic E-state index is 14.5. The second kappa shape index (κ2) is 8.09. The van der Waals surface area contributed by atoms with Gasteiger partial charge in [0.05, 0.1) is 18.9 Å². The van der Waals surface area contributed by atoms with Crippen LogP contribution in [0.5, 0.6) is 0 Å². The number of aromatic nitrogens is 1. The number of hydrogen-bond donors (Lipinski definition) is 1. The summed E-state index contributed by atoms with van der Waals surface area (Å²) in [5.41, 5.74) is 4.77. The highest BCUT2D eigenvalue weighted by molar-refractivity contribution is 6.04. The van der Waals surface area contributed by atoms with Crippen LogP contribution in [0.15, 0.2) is 54.6 Å². The standard InChI is InChI=1S/C23H24FN3O2/c1-16-3-4-17(2)27(16)20-8-5-18(6-9-20)23(28)25-19-7-10-22(21(24)15-19)26-11-13-29-14-12-26/h3-10,15H,11-14H2,1-2H3,(H,25,28). The van der Waals surface area contributed by atoms with Crippen molar-refractivity contribution in [2.75, 3.05) is 36.5 Å². The van der Waals surface area contributed by atoms with Crippen molar-refractivity contribution in [1.29, 1.82) is 0 Å². The molecule has 2 heterocycles. The lowest BCUT2D eigenvalue weighted by Crippen LogP contribution is -2.36. The molecule has 0 spiro atoms. The van der Waals surface area contributed by atoms with Crippen LogP contribution in [0.25, 0.3) is 5.69 Å². The summed E-state index contributed by atoms with van der Waals surface area (Å²) in [6.07, 6.45) is 0. The molecule has 29 heavy (non-hydrogen) atoms.